The second kappa shape index (κ2) is 50.2. The Morgan fingerprint density at radius 2 is 1.03 bits per heavy atom. The average molecular weight is 1340 g/mol. The third-order valence-corrected chi connectivity index (χ3v) is 15.6. The SMILES string of the molecule is CCCCCCCCCCCCCCCCN.CNc1ccccc1.Cc1ccccc1[N+](=O)[O-].N#Cc1ccccc1.O=[N+]([O-])c1ccccc1.c1ccc2[nH]ccc2c1.c1ccc2cnccc2c1.c1ccc2ncccc2c1.c1ccc2ocnc2c1.c1ccc2scnc2c1. The van der Waals surface area contributed by atoms with Crippen molar-refractivity contribution in [3.63, 3.8) is 0 Å². The van der Waals surface area contributed by atoms with Gasteiger partial charge in [0.15, 0.2) is 12.0 Å². The Labute approximate surface area is 586 Å². The number of benzene rings is 9. The predicted molar refractivity (Wildman–Crippen MR) is 413 cm³/mol. The second-order valence-corrected chi connectivity index (χ2v) is 23.1. The van der Waals surface area contributed by atoms with Gasteiger partial charge in [-0.25, -0.2) is 9.97 Å². The van der Waals surface area contributed by atoms with Crippen molar-refractivity contribution in [2.75, 3.05) is 18.9 Å². The van der Waals surface area contributed by atoms with E-state index in [1.165, 1.54) is 146 Å². The Kier molecular flexibility index (Phi) is 39.8. The van der Waals surface area contributed by atoms with Crippen molar-refractivity contribution >= 4 is 82.3 Å². The van der Waals surface area contributed by atoms with Crippen LogP contribution in [0.5, 0.6) is 0 Å². The van der Waals surface area contributed by atoms with Gasteiger partial charge in [0.25, 0.3) is 11.4 Å². The van der Waals surface area contributed by atoms with Crippen LogP contribution >= 0.6 is 11.3 Å². The molecule has 0 radical (unpaired) electrons. The van der Waals surface area contributed by atoms with E-state index >= 15 is 0 Å². The summed E-state index contributed by atoms with van der Waals surface area (Å²) in [5.74, 6) is 0. The highest BCUT2D eigenvalue weighted by Gasteiger charge is 2.06. The summed E-state index contributed by atoms with van der Waals surface area (Å²) in [6.45, 7) is 4.88. The Hall–Kier alpha value is -11.3. The van der Waals surface area contributed by atoms with E-state index in [-0.39, 0.29) is 16.3 Å². The lowest BCUT2D eigenvalue weighted by Crippen LogP contribution is -1.97. The number of aromatic nitrogens is 5. The minimum Gasteiger partial charge on any atom is -0.443 e. The van der Waals surface area contributed by atoms with Crippen LogP contribution in [-0.2, 0) is 0 Å². The van der Waals surface area contributed by atoms with Crippen LogP contribution in [0.1, 0.15) is 108 Å². The second-order valence-electron chi connectivity index (χ2n) is 22.2. The topological polar surface area (TPSA) is 229 Å². The molecule has 0 aliphatic carbocycles. The molecule has 0 bridgehead atoms. The number of hydrogen-bond acceptors (Lipinski definition) is 13. The number of oxazole rings is 1. The molecule has 0 spiro atoms. The largest absolute Gasteiger partial charge is 0.443 e. The highest BCUT2D eigenvalue weighted by Crippen LogP contribution is 2.18. The van der Waals surface area contributed by atoms with Crippen molar-refractivity contribution in [3.8, 4) is 6.07 Å². The summed E-state index contributed by atoms with van der Waals surface area (Å²) in [5, 5.41) is 36.5. The summed E-state index contributed by atoms with van der Waals surface area (Å²) in [4.78, 5) is 38.8. The van der Waals surface area contributed by atoms with Gasteiger partial charge in [0.1, 0.15) is 5.52 Å². The highest BCUT2D eigenvalue weighted by molar-refractivity contribution is 7.16. The fourth-order valence-electron chi connectivity index (χ4n) is 9.42. The number of nitrogens with two attached hydrogens (primary N) is 1. The molecule has 4 N–H and O–H groups in total. The van der Waals surface area contributed by atoms with E-state index in [9.17, 15) is 20.2 Å². The van der Waals surface area contributed by atoms with Crippen LogP contribution in [-0.4, -0.2) is 48.4 Å². The summed E-state index contributed by atoms with van der Waals surface area (Å²) in [6, 6.07) is 84.2. The van der Waals surface area contributed by atoms with Crippen molar-refractivity contribution in [3.05, 3.63) is 329 Å². The number of non-ortho nitro benzene ring substituents is 1. The van der Waals surface area contributed by atoms with Gasteiger partial charge in [-0.15, -0.1) is 11.3 Å². The zero-order chi connectivity index (χ0) is 70.4. The Balaban J connectivity index is 0.000000200. The number of nitriles is 1. The van der Waals surface area contributed by atoms with Gasteiger partial charge in [-0.3, -0.25) is 30.2 Å². The summed E-state index contributed by atoms with van der Waals surface area (Å²) >= 11 is 1.68. The zero-order valence-corrected chi connectivity index (χ0v) is 57.9. The van der Waals surface area contributed by atoms with Gasteiger partial charge < -0.3 is 20.5 Å². The van der Waals surface area contributed by atoms with Crippen LogP contribution in [0.3, 0.4) is 0 Å². The molecule has 0 unspecified atom stereocenters. The van der Waals surface area contributed by atoms with Crippen LogP contribution in [0.15, 0.2) is 302 Å². The molecule has 9 aromatic carbocycles. The number of rotatable bonds is 17. The molecule has 5 heterocycles. The first-order valence-electron chi connectivity index (χ1n) is 33.6. The van der Waals surface area contributed by atoms with Crippen LogP contribution in [0.4, 0.5) is 17.1 Å². The molecule has 99 heavy (non-hydrogen) atoms. The van der Waals surface area contributed by atoms with Crippen LogP contribution in [0, 0.1) is 38.5 Å². The Morgan fingerprint density at radius 1 is 0.505 bits per heavy atom. The summed E-state index contributed by atoms with van der Waals surface area (Å²) in [7, 11) is 1.91. The van der Waals surface area contributed by atoms with E-state index in [0.29, 0.717) is 11.1 Å². The lowest BCUT2D eigenvalue weighted by atomic mass is 10.0. The first-order valence-corrected chi connectivity index (χ1v) is 34.5. The maximum Gasteiger partial charge on any atom is 0.272 e. The molecule has 0 fully saturated rings. The first-order chi connectivity index (χ1) is 48.6. The number of unbranched alkanes of at least 4 members (excludes halogenated alkanes) is 13. The number of nitro groups is 2. The monoisotopic (exact) mass is 1340 g/mol. The Bertz CT molecular complexity index is 3950. The first kappa shape index (κ1) is 78.4. The number of pyridine rings is 2. The number of aryl methyl sites for hydroxylation is 1. The third-order valence-electron chi connectivity index (χ3n) is 14.8. The van der Waals surface area contributed by atoms with E-state index < -0.39 is 4.92 Å². The van der Waals surface area contributed by atoms with E-state index in [1.807, 2.05) is 189 Å². The van der Waals surface area contributed by atoms with Crippen LogP contribution in [0.2, 0.25) is 0 Å². The predicted octanol–water partition coefficient (Wildman–Crippen LogP) is 23.0. The van der Waals surface area contributed by atoms with E-state index in [4.69, 9.17) is 15.4 Å². The number of H-pyrrole nitrogens is 1. The van der Waals surface area contributed by atoms with Crippen molar-refractivity contribution in [2.24, 2.45) is 5.73 Å². The minimum atomic E-state index is -0.417. The number of nitro benzene ring substituents is 2. The molecule has 0 amide bonds. The standard InChI is InChI=1S/C16H35N.2C9H7N.C8H7N.C7H7NO2.C7H5NO.C7H5NS.C7H9N.C7H5N.C6H5NO2/c1-2-3-4-5-6-7-8-9-10-11-12-13-14-15-16-17;1-2-6-9-8(4-1)5-3-7-10-9;1-2-4-9-7-10-6-5-8(9)3-1;1-2-4-8-7(3-1)5-6-9-8;1-6-4-2-3-5-7(6)8(9)10;2*1-2-4-7-6(3-1)8-5-9-7;1-8-7-5-3-2-4-6-7;8-6-7-4-2-1-3-5-7;8-7(9)6-4-2-1-3-5-6/h2-17H2,1H3;2*1-7H;1-6,9H;2-5H,1H3;2*1-5H;2-6,8H,1H3;1-5H;1-5H. The van der Waals surface area contributed by atoms with Gasteiger partial charge in [0.05, 0.1) is 42.7 Å². The molecule has 0 atom stereocenters. The van der Waals surface area contributed by atoms with Gasteiger partial charge in [-0.05, 0) is 115 Å². The number of fused-ring (bicyclic) bond motifs is 5. The van der Waals surface area contributed by atoms with E-state index in [1.54, 1.807) is 66.8 Å². The van der Waals surface area contributed by atoms with Crippen LogP contribution < -0.4 is 11.1 Å². The fraction of sp³-hybridized carbons (Fsp3) is 0.217. The normalized spacial score (nSPS) is 9.77. The number of nitrogens with zero attached hydrogens (tertiary/aromatic N) is 7. The molecule has 0 saturated heterocycles. The molecule has 0 saturated carbocycles. The van der Waals surface area contributed by atoms with Crippen LogP contribution in [0.25, 0.3) is 53.9 Å². The number of nitrogens with one attached hydrogen (secondary N) is 2. The quantitative estimate of drug-likeness (QED) is 0.0439. The minimum absolute atomic E-state index is 0.137. The van der Waals surface area contributed by atoms with Gasteiger partial charge in [-0.2, -0.15) is 5.26 Å². The van der Waals surface area contributed by atoms with Crippen molar-refractivity contribution in [1.82, 2.24) is 24.9 Å². The van der Waals surface area contributed by atoms with Gasteiger partial charge in [0, 0.05) is 72.2 Å². The van der Waals surface area contributed by atoms with Gasteiger partial charge in [-0.1, -0.05) is 254 Å². The molecule has 0 aliphatic rings. The molecule has 510 valence electrons. The molecule has 14 rings (SSSR count). The van der Waals surface area contributed by atoms with Gasteiger partial charge >= 0.3 is 0 Å². The smallest absolute Gasteiger partial charge is 0.272 e. The number of aromatic amines is 1. The molecular formula is C83H92N10O5S. The molecule has 5 aromatic heterocycles. The fourth-order valence-corrected chi connectivity index (χ4v) is 10.1. The third kappa shape index (κ3) is 33.3. The molecule has 16 heteroatoms. The van der Waals surface area contributed by atoms with Crippen molar-refractivity contribution in [1.29, 1.82) is 5.26 Å². The number of hydrogen-bond donors (Lipinski definition) is 3. The summed E-state index contributed by atoms with van der Waals surface area (Å²) < 4.78 is 6.27. The van der Waals surface area contributed by atoms with Gasteiger partial charge in [0.2, 0.25) is 0 Å². The molecule has 14 aromatic rings. The summed E-state index contributed by atoms with van der Waals surface area (Å²) in [5.41, 5.74) is 15.4. The van der Waals surface area contributed by atoms with E-state index in [0.717, 1.165) is 34.4 Å². The van der Waals surface area contributed by atoms with Crippen molar-refractivity contribution < 1.29 is 14.3 Å². The Morgan fingerprint density at radius 3 is 1.57 bits per heavy atom. The van der Waals surface area contributed by atoms with E-state index in [2.05, 4.69) is 85.7 Å². The molecule has 0 aliphatic heterocycles. The molecular weight excluding hydrogens is 1250 g/mol. The highest BCUT2D eigenvalue weighted by atomic mass is 32.1. The number of para-hydroxylation sites is 8. The zero-order valence-electron chi connectivity index (χ0n) is 57.1. The average Bonchev–Trinajstić information content (AvgIpc) is 1.96. The maximum absolute atomic E-state index is 10.2. The maximum atomic E-state index is 10.2. The lowest BCUT2D eigenvalue weighted by Gasteiger charge is -2.02. The molecule has 15 nitrogen and oxygen atoms in total. The number of anilines is 1. The number of thiazole rings is 1. The summed E-state index contributed by atoms with van der Waals surface area (Å²) in [6.07, 6.45) is 28.8. The van der Waals surface area contributed by atoms with Crippen molar-refractivity contribution in [2.45, 2.75) is 104 Å². The lowest BCUT2D eigenvalue weighted by molar-refractivity contribution is -0.385.